The van der Waals surface area contributed by atoms with Crippen LogP contribution in [0.15, 0.2) is 29.2 Å². The van der Waals surface area contributed by atoms with E-state index in [0.29, 0.717) is 16.5 Å². The smallest absolute Gasteiger partial charge is 0.422 e. The lowest BCUT2D eigenvalue weighted by Gasteiger charge is -2.14. The Bertz CT molecular complexity index is 1310. The van der Waals surface area contributed by atoms with Crippen molar-refractivity contribution in [2.75, 3.05) is 12.3 Å². The van der Waals surface area contributed by atoms with E-state index in [-0.39, 0.29) is 33.7 Å². The topological polar surface area (TPSA) is 110 Å². The van der Waals surface area contributed by atoms with Gasteiger partial charge in [0.1, 0.15) is 22.5 Å². The van der Waals surface area contributed by atoms with Crippen LogP contribution in [-0.4, -0.2) is 32.9 Å². The van der Waals surface area contributed by atoms with Crippen molar-refractivity contribution >= 4 is 27.6 Å². The Labute approximate surface area is 159 Å². The fourth-order valence-electron chi connectivity index (χ4n) is 3.10. The molecule has 0 atom stereocenters. The number of nitrogens with zero attached hydrogens (tertiary/aromatic N) is 2. The molecule has 0 fully saturated rings. The van der Waals surface area contributed by atoms with Crippen LogP contribution >= 0.6 is 0 Å². The Hall–Kier alpha value is -3.63. The summed E-state index contributed by atoms with van der Waals surface area (Å²) in [5, 5.41) is 6.66. The van der Waals surface area contributed by atoms with Gasteiger partial charge in [-0.15, -0.1) is 0 Å². The summed E-state index contributed by atoms with van der Waals surface area (Å²) in [6.45, 7) is -0.0261. The van der Waals surface area contributed by atoms with Crippen molar-refractivity contribution in [2.45, 2.75) is 13.1 Å². The Morgan fingerprint density at radius 1 is 1.28 bits per heavy atom. The number of hydrogen-bond donors (Lipinski definition) is 3. The van der Waals surface area contributed by atoms with Gasteiger partial charge < -0.3 is 15.5 Å². The van der Waals surface area contributed by atoms with Crippen molar-refractivity contribution in [3.8, 4) is 17.0 Å². The lowest BCUT2D eigenvalue weighted by Crippen LogP contribution is -2.20. The van der Waals surface area contributed by atoms with E-state index >= 15 is 0 Å². The van der Waals surface area contributed by atoms with Gasteiger partial charge >= 0.3 is 6.18 Å². The van der Waals surface area contributed by atoms with Crippen molar-refractivity contribution in [2.24, 2.45) is 0 Å². The second-order valence-electron chi connectivity index (χ2n) is 6.41. The van der Waals surface area contributed by atoms with Gasteiger partial charge in [-0.25, -0.2) is 9.37 Å². The molecule has 0 aliphatic carbocycles. The van der Waals surface area contributed by atoms with Crippen LogP contribution in [0.1, 0.15) is 5.56 Å². The normalized spacial score (nSPS) is 12.0. The molecule has 150 valence electrons. The molecule has 0 spiro atoms. The molecule has 11 heteroatoms. The summed E-state index contributed by atoms with van der Waals surface area (Å²) in [7, 11) is 0. The van der Waals surface area contributed by atoms with E-state index in [1.54, 1.807) is 0 Å². The van der Waals surface area contributed by atoms with Crippen molar-refractivity contribution < 1.29 is 22.3 Å². The van der Waals surface area contributed by atoms with Gasteiger partial charge in [0.25, 0.3) is 5.56 Å². The molecule has 0 saturated carbocycles. The molecule has 3 aromatic heterocycles. The number of H-pyrrole nitrogens is 2. The van der Waals surface area contributed by atoms with E-state index in [2.05, 4.69) is 20.2 Å². The number of aromatic nitrogens is 4. The lowest BCUT2D eigenvalue weighted by molar-refractivity contribution is -0.154. The largest absolute Gasteiger partial charge is 0.468 e. The number of anilines is 1. The summed E-state index contributed by atoms with van der Waals surface area (Å²) in [5.74, 6) is -0.819. The molecule has 29 heavy (non-hydrogen) atoms. The van der Waals surface area contributed by atoms with Crippen LogP contribution in [0.3, 0.4) is 0 Å². The number of pyridine rings is 2. The minimum atomic E-state index is -4.55. The molecule has 0 aliphatic rings. The number of ether oxygens (including phenoxy) is 1. The Kier molecular flexibility index (Phi) is 4.17. The van der Waals surface area contributed by atoms with Crippen LogP contribution in [0.2, 0.25) is 0 Å². The zero-order chi connectivity index (χ0) is 20.9. The first kappa shape index (κ1) is 18.7. The third-order valence-electron chi connectivity index (χ3n) is 4.37. The Morgan fingerprint density at radius 3 is 2.76 bits per heavy atom. The second-order valence-corrected chi connectivity index (χ2v) is 6.41. The van der Waals surface area contributed by atoms with Crippen LogP contribution in [0.5, 0.6) is 5.88 Å². The van der Waals surface area contributed by atoms with Gasteiger partial charge in [0.2, 0.25) is 5.88 Å². The highest BCUT2D eigenvalue weighted by Crippen LogP contribution is 2.36. The summed E-state index contributed by atoms with van der Waals surface area (Å²) in [5.41, 5.74) is 6.39. The number of benzene rings is 1. The van der Waals surface area contributed by atoms with Crippen LogP contribution in [0, 0.1) is 12.7 Å². The van der Waals surface area contributed by atoms with Crippen LogP contribution in [0.4, 0.5) is 23.2 Å². The number of halogens is 4. The van der Waals surface area contributed by atoms with E-state index in [0.717, 1.165) is 6.07 Å². The molecule has 0 saturated heterocycles. The van der Waals surface area contributed by atoms with Crippen LogP contribution in [-0.2, 0) is 0 Å². The molecule has 4 N–H and O–H groups in total. The van der Waals surface area contributed by atoms with Crippen molar-refractivity contribution in [1.82, 2.24) is 20.2 Å². The molecule has 0 unspecified atom stereocenters. The Balaban J connectivity index is 2.01. The molecule has 0 radical (unpaired) electrons. The zero-order valence-corrected chi connectivity index (χ0v) is 14.8. The van der Waals surface area contributed by atoms with Crippen molar-refractivity contribution in [1.29, 1.82) is 0 Å². The third-order valence-corrected chi connectivity index (χ3v) is 4.37. The average molecular weight is 407 g/mol. The molecule has 4 aromatic rings. The number of fused-ring (bicyclic) bond motifs is 2. The highest BCUT2D eigenvalue weighted by Gasteiger charge is 2.29. The maximum atomic E-state index is 14.0. The van der Waals surface area contributed by atoms with Gasteiger partial charge in [0.05, 0.1) is 11.7 Å². The number of nitrogen functional groups attached to an aromatic ring is 1. The first-order valence-electron chi connectivity index (χ1n) is 8.30. The van der Waals surface area contributed by atoms with Crippen LogP contribution < -0.4 is 16.0 Å². The van der Waals surface area contributed by atoms with Gasteiger partial charge in [-0.2, -0.15) is 18.3 Å². The number of hydrogen-bond acceptors (Lipinski definition) is 5. The summed E-state index contributed by atoms with van der Waals surface area (Å²) in [6.07, 6.45) is -3.19. The van der Waals surface area contributed by atoms with E-state index < -0.39 is 24.2 Å². The van der Waals surface area contributed by atoms with Gasteiger partial charge in [0.15, 0.2) is 6.61 Å². The molecule has 7 nitrogen and oxygen atoms in total. The lowest BCUT2D eigenvalue weighted by atomic mass is 9.99. The molecule has 0 aliphatic heterocycles. The predicted molar refractivity (Wildman–Crippen MR) is 98.1 cm³/mol. The van der Waals surface area contributed by atoms with Crippen LogP contribution in [0.25, 0.3) is 33.1 Å². The maximum absolute atomic E-state index is 14.0. The molecule has 0 amide bonds. The average Bonchev–Trinajstić information content (AvgIpc) is 3.13. The minimum Gasteiger partial charge on any atom is -0.468 e. The monoisotopic (exact) mass is 407 g/mol. The van der Waals surface area contributed by atoms with E-state index in [4.69, 9.17) is 10.5 Å². The van der Waals surface area contributed by atoms with Gasteiger partial charge in [0, 0.05) is 16.5 Å². The molecule has 1 aromatic carbocycles. The first-order valence-corrected chi connectivity index (χ1v) is 8.30. The fourth-order valence-corrected chi connectivity index (χ4v) is 3.10. The molecule has 3 heterocycles. The number of rotatable bonds is 3. The highest BCUT2D eigenvalue weighted by molar-refractivity contribution is 6.06. The number of nitrogens with one attached hydrogen (secondary N) is 2. The summed E-state index contributed by atoms with van der Waals surface area (Å²) < 4.78 is 56.5. The van der Waals surface area contributed by atoms with Crippen molar-refractivity contribution in [3.63, 3.8) is 0 Å². The molecular weight excluding hydrogens is 394 g/mol. The maximum Gasteiger partial charge on any atom is 0.422 e. The minimum absolute atomic E-state index is 0.0935. The van der Waals surface area contributed by atoms with E-state index in [9.17, 15) is 22.4 Å². The fraction of sp³-hybridized carbons (Fsp3) is 0.167. The summed E-state index contributed by atoms with van der Waals surface area (Å²) >= 11 is 0. The van der Waals surface area contributed by atoms with E-state index in [1.165, 1.54) is 25.3 Å². The standard InChI is InChI=1S/C18H13F4N5O2/c1-7-4-11-15(26-17(7)29-6-18(20,21)22)12(13(23)16(28)25-11)8-2-3-10(19)14-9(8)5-24-27-14/h2-5H,6,23H2,1H3,(H,24,27)(H,25,28). The first-order chi connectivity index (χ1) is 13.7. The summed E-state index contributed by atoms with van der Waals surface area (Å²) in [6, 6.07) is 4.00. The zero-order valence-electron chi connectivity index (χ0n) is 14.8. The quantitative estimate of drug-likeness (QED) is 0.451. The number of nitrogens with two attached hydrogens (primary N) is 1. The molecule has 4 rings (SSSR count). The Morgan fingerprint density at radius 2 is 2.03 bits per heavy atom. The highest BCUT2D eigenvalue weighted by atomic mass is 19.4. The van der Waals surface area contributed by atoms with Gasteiger partial charge in [-0.1, -0.05) is 6.07 Å². The van der Waals surface area contributed by atoms with Gasteiger partial charge in [-0.05, 0) is 24.6 Å². The predicted octanol–water partition coefficient (Wildman–Crippen LogP) is 3.44. The number of aromatic amines is 2. The SMILES string of the molecule is Cc1cc2[nH]c(=O)c(N)c(-c3ccc(F)c4[nH]ncc34)c2nc1OCC(F)(F)F. The second kappa shape index (κ2) is 6.47. The summed E-state index contributed by atoms with van der Waals surface area (Å²) in [4.78, 5) is 19.1. The number of aryl methyl sites for hydroxylation is 1. The molecule has 0 bridgehead atoms. The van der Waals surface area contributed by atoms with Gasteiger partial charge in [-0.3, -0.25) is 9.89 Å². The number of alkyl halides is 3. The van der Waals surface area contributed by atoms with Crippen molar-refractivity contribution in [3.05, 3.63) is 46.1 Å². The van der Waals surface area contributed by atoms with E-state index in [1.807, 2.05) is 0 Å². The third kappa shape index (κ3) is 3.24. The molecular formula is C18H13F4N5O2.